The van der Waals surface area contributed by atoms with E-state index in [0.717, 1.165) is 0 Å². The van der Waals surface area contributed by atoms with Gasteiger partial charge in [-0.15, -0.1) is 0 Å². The molecule has 1 heterocycles. The van der Waals surface area contributed by atoms with E-state index in [9.17, 15) is 14.9 Å². The van der Waals surface area contributed by atoms with Crippen molar-refractivity contribution < 1.29 is 28.7 Å². The van der Waals surface area contributed by atoms with Crippen molar-refractivity contribution in [2.75, 3.05) is 21.3 Å². The molecule has 144 valence electrons. The van der Waals surface area contributed by atoms with Gasteiger partial charge in [0.1, 0.15) is 0 Å². The molecule has 9 heteroatoms. The van der Waals surface area contributed by atoms with Crippen molar-refractivity contribution in [2.45, 2.75) is 0 Å². The Balaban J connectivity index is 1.96. The maximum atomic E-state index is 12.2. The minimum Gasteiger partial charge on any atom is -0.493 e. The van der Waals surface area contributed by atoms with E-state index in [0.29, 0.717) is 17.1 Å². The van der Waals surface area contributed by atoms with Crippen LogP contribution in [0, 0.1) is 10.1 Å². The fourth-order valence-electron chi connectivity index (χ4n) is 2.60. The van der Waals surface area contributed by atoms with E-state index in [-0.39, 0.29) is 28.6 Å². The van der Waals surface area contributed by atoms with Gasteiger partial charge < -0.3 is 18.9 Å². The largest absolute Gasteiger partial charge is 0.493 e. The minimum absolute atomic E-state index is 0.0255. The van der Waals surface area contributed by atoms with Crippen LogP contribution < -0.4 is 14.2 Å². The topological polar surface area (TPSA) is 109 Å². The molecule has 3 rings (SSSR count). The van der Waals surface area contributed by atoms with E-state index in [1.807, 2.05) is 0 Å². The molecule has 0 aliphatic carbocycles. The molecule has 0 bridgehead atoms. The maximum absolute atomic E-state index is 12.2. The summed E-state index contributed by atoms with van der Waals surface area (Å²) in [6.45, 7) is 0. The lowest BCUT2D eigenvalue weighted by Crippen LogP contribution is -2.06. The van der Waals surface area contributed by atoms with E-state index in [4.69, 9.17) is 18.9 Å². The number of rotatable bonds is 6. The predicted molar refractivity (Wildman–Crippen MR) is 99.8 cm³/mol. The van der Waals surface area contributed by atoms with Gasteiger partial charge in [0, 0.05) is 11.6 Å². The number of ether oxygens (including phenoxy) is 4. The first-order chi connectivity index (χ1) is 13.5. The Morgan fingerprint density at radius 2 is 1.68 bits per heavy atom. The molecule has 0 spiro atoms. The number of cyclic esters (lactones) is 1. The third-order valence-corrected chi connectivity index (χ3v) is 3.95. The molecule has 0 saturated heterocycles. The van der Waals surface area contributed by atoms with Crippen LogP contribution in [0.15, 0.2) is 47.1 Å². The third kappa shape index (κ3) is 3.63. The van der Waals surface area contributed by atoms with Gasteiger partial charge in [0.25, 0.3) is 0 Å². The zero-order valence-corrected chi connectivity index (χ0v) is 15.3. The number of esters is 1. The zero-order chi connectivity index (χ0) is 20.3. The van der Waals surface area contributed by atoms with Gasteiger partial charge in [0.05, 0.1) is 26.3 Å². The smallest absolute Gasteiger partial charge is 0.363 e. The number of benzene rings is 2. The van der Waals surface area contributed by atoms with Crippen molar-refractivity contribution in [1.82, 2.24) is 0 Å². The molecule has 0 atom stereocenters. The number of methoxy groups -OCH3 is 3. The van der Waals surface area contributed by atoms with Crippen molar-refractivity contribution >= 4 is 23.6 Å². The Morgan fingerprint density at radius 1 is 1.00 bits per heavy atom. The van der Waals surface area contributed by atoms with Gasteiger partial charge in [-0.1, -0.05) is 6.07 Å². The second-order valence-corrected chi connectivity index (χ2v) is 5.59. The zero-order valence-electron chi connectivity index (χ0n) is 15.3. The summed E-state index contributed by atoms with van der Waals surface area (Å²) < 4.78 is 20.5. The quantitative estimate of drug-likeness (QED) is 0.326. The molecular weight excluding hydrogens is 368 g/mol. The standard InChI is InChI=1S/C19H16N2O7/c1-25-15-7-5-12(10-14(15)21(23)24)18-20-13(19(22)28-18)8-11-4-6-16(26-2)17(9-11)27-3/h4-10H,1-3H3/b13-8-. The van der Waals surface area contributed by atoms with Crippen LogP contribution in [0.2, 0.25) is 0 Å². The summed E-state index contributed by atoms with van der Waals surface area (Å²) in [7, 11) is 4.36. The molecule has 1 aliphatic rings. The van der Waals surface area contributed by atoms with Crippen molar-refractivity contribution in [3.63, 3.8) is 0 Å². The van der Waals surface area contributed by atoms with E-state index in [2.05, 4.69) is 4.99 Å². The summed E-state index contributed by atoms with van der Waals surface area (Å²) in [5.74, 6) is 0.456. The molecule has 0 N–H and O–H groups in total. The average Bonchev–Trinajstić information content (AvgIpc) is 3.07. The Kier molecular flexibility index (Phi) is 5.25. The highest BCUT2D eigenvalue weighted by atomic mass is 16.6. The number of nitro benzene ring substituents is 1. The molecule has 0 aromatic heterocycles. The summed E-state index contributed by atoms with van der Waals surface area (Å²) in [6.07, 6.45) is 1.52. The molecule has 2 aromatic rings. The van der Waals surface area contributed by atoms with Crippen LogP contribution in [0.4, 0.5) is 5.69 Å². The van der Waals surface area contributed by atoms with E-state index >= 15 is 0 Å². The Labute approximate surface area is 160 Å². The Hall–Kier alpha value is -3.88. The highest BCUT2D eigenvalue weighted by molar-refractivity contribution is 6.13. The molecule has 0 amide bonds. The van der Waals surface area contributed by atoms with E-state index in [1.165, 1.54) is 45.6 Å². The van der Waals surface area contributed by atoms with Crippen molar-refractivity contribution in [2.24, 2.45) is 4.99 Å². The van der Waals surface area contributed by atoms with Crippen LogP contribution in [-0.2, 0) is 9.53 Å². The van der Waals surface area contributed by atoms with E-state index in [1.54, 1.807) is 18.2 Å². The monoisotopic (exact) mass is 384 g/mol. The first-order valence-electron chi connectivity index (χ1n) is 8.04. The third-order valence-electron chi connectivity index (χ3n) is 3.95. The molecule has 1 aliphatic heterocycles. The summed E-state index contributed by atoms with van der Waals surface area (Å²) in [5, 5.41) is 11.2. The van der Waals surface area contributed by atoms with Crippen LogP contribution in [-0.4, -0.2) is 38.1 Å². The van der Waals surface area contributed by atoms with Gasteiger partial charge in [-0.05, 0) is 35.9 Å². The second kappa shape index (κ2) is 7.78. The predicted octanol–water partition coefficient (Wildman–Crippen LogP) is 2.97. The first kappa shape index (κ1) is 18.9. The number of nitrogens with zero attached hydrogens (tertiary/aromatic N) is 2. The van der Waals surface area contributed by atoms with E-state index < -0.39 is 10.9 Å². The van der Waals surface area contributed by atoms with Gasteiger partial charge >= 0.3 is 11.7 Å². The number of hydrogen-bond acceptors (Lipinski definition) is 8. The highest BCUT2D eigenvalue weighted by Crippen LogP contribution is 2.31. The highest BCUT2D eigenvalue weighted by Gasteiger charge is 2.26. The number of carbonyl (C=O) groups excluding carboxylic acids is 1. The molecule has 28 heavy (non-hydrogen) atoms. The molecule has 0 unspecified atom stereocenters. The average molecular weight is 384 g/mol. The van der Waals surface area contributed by atoms with Gasteiger partial charge in [-0.3, -0.25) is 10.1 Å². The molecule has 0 saturated carbocycles. The van der Waals surface area contributed by atoms with Crippen LogP contribution >= 0.6 is 0 Å². The number of aliphatic imine (C=N–C) groups is 1. The lowest BCUT2D eigenvalue weighted by Gasteiger charge is -2.07. The molecule has 0 fully saturated rings. The van der Waals surface area contributed by atoms with Crippen LogP contribution in [0.5, 0.6) is 17.2 Å². The number of nitro groups is 1. The summed E-state index contributed by atoms with van der Waals surface area (Å²) in [4.78, 5) is 26.9. The Bertz CT molecular complexity index is 1010. The first-order valence-corrected chi connectivity index (χ1v) is 8.04. The van der Waals surface area contributed by atoms with Gasteiger partial charge in [0.15, 0.2) is 22.9 Å². The van der Waals surface area contributed by atoms with Gasteiger partial charge in [-0.25, -0.2) is 9.79 Å². The lowest BCUT2D eigenvalue weighted by molar-refractivity contribution is -0.385. The van der Waals surface area contributed by atoms with Gasteiger partial charge in [0.2, 0.25) is 5.90 Å². The second-order valence-electron chi connectivity index (χ2n) is 5.59. The Morgan fingerprint density at radius 3 is 2.32 bits per heavy atom. The molecule has 9 nitrogen and oxygen atoms in total. The fraction of sp³-hybridized carbons (Fsp3) is 0.158. The van der Waals surface area contributed by atoms with Crippen molar-refractivity contribution in [3.05, 3.63) is 63.3 Å². The number of carbonyl (C=O) groups is 1. The normalized spacial score (nSPS) is 14.5. The van der Waals surface area contributed by atoms with Gasteiger partial charge in [-0.2, -0.15) is 0 Å². The molecule has 0 radical (unpaired) electrons. The van der Waals surface area contributed by atoms with Crippen LogP contribution in [0.1, 0.15) is 11.1 Å². The summed E-state index contributed by atoms with van der Waals surface area (Å²) in [5.41, 5.74) is 0.739. The number of hydrogen-bond donors (Lipinski definition) is 0. The molecule has 2 aromatic carbocycles. The van der Waals surface area contributed by atoms with Crippen LogP contribution in [0.25, 0.3) is 6.08 Å². The van der Waals surface area contributed by atoms with Crippen LogP contribution in [0.3, 0.4) is 0 Å². The summed E-state index contributed by atoms with van der Waals surface area (Å²) >= 11 is 0. The van der Waals surface area contributed by atoms with Crippen molar-refractivity contribution in [3.8, 4) is 17.2 Å². The fourth-order valence-corrected chi connectivity index (χ4v) is 2.60. The minimum atomic E-state index is -0.664. The molecular formula is C19H16N2O7. The SMILES string of the molecule is COc1ccc(/C=C2\N=C(c3ccc(OC)c([N+](=O)[O-])c3)OC2=O)cc1OC. The van der Waals surface area contributed by atoms with Crippen molar-refractivity contribution in [1.29, 1.82) is 0 Å². The summed E-state index contributed by atoms with van der Waals surface area (Å²) in [6, 6.07) is 9.29. The lowest BCUT2D eigenvalue weighted by atomic mass is 10.1. The maximum Gasteiger partial charge on any atom is 0.363 e.